The monoisotopic (exact) mass is 295 g/mol. The summed E-state index contributed by atoms with van der Waals surface area (Å²) in [7, 11) is 4.86. The van der Waals surface area contributed by atoms with Crippen molar-refractivity contribution in [3.63, 3.8) is 0 Å². The van der Waals surface area contributed by atoms with Crippen LogP contribution in [-0.2, 0) is 6.42 Å². The Bertz CT molecular complexity index is 459. The third-order valence-electron chi connectivity index (χ3n) is 3.54. The lowest BCUT2D eigenvalue weighted by Crippen LogP contribution is -2.27. The number of rotatable bonds is 5. The fourth-order valence-electron chi connectivity index (χ4n) is 2.49. The van der Waals surface area contributed by atoms with Gasteiger partial charge in [0.15, 0.2) is 11.5 Å². The summed E-state index contributed by atoms with van der Waals surface area (Å²) in [6.07, 6.45) is 3.19. The Hall–Kier alpha value is -1.49. The van der Waals surface area contributed by atoms with E-state index in [0.717, 1.165) is 30.1 Å². The van der Waals surface area contributed by atoms with Gasteiger partial charge >= 0.3 is 0 Å². The van der Waals surface area contributed by atoms with Gasteiger partial charge in [0.1, 0.15) is 0 Å². The van der Waals surface area contributed by atoms with Gasteiger partial charge in [-0.1, -0.05) is 12.2 Å². The number of ether oxygens (including phenoxy) is 3. The van der Waals surface area contributed by atoms with Gasteiger partial charge in [0, 0.05) is 19.5 Å². The fourth-order valence-corrected chi connectivity index (χ4v) is 2.84. The maximum atomic E-state index is 5.53. The van der Waals surface area contributed by atoms with Crippen molar-refractivity contribution in [1.82, 2.24) is 4.90 Å². The molecule has 0 unspecified atom stereocenters. The molecule has 0 atom stereocenters. The number of hydrogen-bond donors (Lipinski definition) is 0. The van der Waals surface area contributed by atoms with Crippen LogP contribution in [0.15, 0.2) is 12.1 Å². The molecular formula is C15H21NO3S. The van der Waals surface area contributed by atoms with Crippen LogP contribution in [0.3, 0.4) is 0 Å². The molecule has 0 spiro atoms. The lowest BCUT2D eigenvalue weighted by molar-refractivity contribution is 0.324. The molecule has 4 nitrogen and oxygen atoms in total. The summed E-state index contributed by atoms with van der Waals surface area (Å²) >= 11 is 5.53. The van der Waals surface area contributed by atoms with Crippen LogP contribution in [0.1, 0.15) is 18.4 Å². The van der Waals surface area contributed by atoms with E-state index < -0.39 is 0 Å². The molecule has 0 amide bonds. The zero-order valence-corrected chi connectivity index (χ0v) is 13.1. The molecule has 1 aliphatic rings. The Morgan fingerprint density at radius 1 is 1.05 bits per heavy atom. The predicted molar refractivity (Wildman–Crippen MR) is 83.2 cm³/mol. The number of hydrogen-bond acceptors (Lipinski definition) is 4. The molecule has 0 radical (unpaired) electrons. The van der Waals surface area contributed by atoms with Gasteiger partial charge in [-0.15, -0.1) is 0 Å². The molecule has 0 saturated carbocycles. The second kappa shape index (κ2) is 6.79. The summed E-state index contributed by atoms with van der Waals surface area (Å²) in [5, 5.41) is 0. The summed E-state index contributed by atoms with van der Waals surface area (Å²) < 4.78 is 16.1. The van der Waals surface area contributed by atoms with Crippen molar-refractivity contribution in [3.05, 3.63) is 17.7 Å². The summed E-state index contributed by atoms with van der Waals surface area (Å²) in [5.41, 5.74) is 1.08. The second-order valence-corrected chi connectivity index (χ2v) is 5.27. The predicted octanol–water partition coefficient (Wildman–Crippen LogP) is 2.68. The minimum absolute atomic E-state index is 0.617. The summed E-state index contributed by atoms with van der Waals surface area (Å²) in [5.74, 6) is 1.96. The van der Waals surface area contributed by atoms with Crippen LogP contribution in [0.4, 0.5) is 0 Å². The highest BCUT2D eigenvalue weighted by Gasteiger charge is 2.18. The number of thiocarbonyl (C=S) groups is 1. The smallest absolute Gasteiger partial charge is 0.203 e. The SMILES string of the molecule is COc1cc(CC(=S)N2CCCC2)cc(OC)c1OC. The lowest BCUT2D eigenvalue weighted by atomic mass is 10.1. The molecule has 1 fully saturated rings. The average Bonchev–Trinajstić information content (AvgIpc) is 3.00. The van der Waals surface area contributed by atoms with E-state index in [9.17, 15) is 0 Å². The van der Waals surface area contributed by atoms with Crippen molar-refractivity contribution in [1.29, 1.82) is 0 Å². The zero-order valence-electron chi connectivity index (χ0n) is 12.3. The fraction of sp³-hybridized carbons (Fsp3) is 0.533. The van der Waals surface area contributed by atoms with Crippen molar-refractivity contribution < 1.29 is 14.2 Å². The Kier molecular flexibility index (Phi) is 5.06. The largest absolute Gasteiger partial charge is 0.493 e. The Morgan fingerprint density at radius 3 is 2.05 bits per heavy atom. The minimum Gasteiger partial charge on any atom is -0.493 e. The first-order valence-electron chi connectivity index (χ1n) is 6.76. The van der Waals surface area contributed by atoms with Crippen molar-refractivity contribution >= 4 is 17.2 Å². The van der Waals surface area contributed by atoms with Gasteiger partial charge < -0.3 is 19.1 Å². The van der Waals surface area contributed by atoms with Crippen LogP contribution in [0.5, 0.6) is 17.2 Å². The van der Waals surface area contributed by atoms with Crippen molar-refractivity contribution in [2.24, 2.45) is 0 Å². The first kappa shape index (κ1) is 14.9. The van der Waals surface area contributed by atoms with Crippen LogP contribution in [0.25, 0.3) is 0 Å². The Morgan fingerprint density at radius 2 is 1.60 bits per heavy atom. The van der Waals surface area contributed by atoms with Crippen LogP contribution < -0.4 is 14.2 Å². The third-order valence-corrected chi connectivity index (χ3v) is 3.94. The highest BCUT2D eigenvalue weighted by atomic mass is 32.1. The van der Waals surface area contributed by atoms with E-state index in [1.165, 1.54) is 12.8 Å². The maximum absolute atomic E-state index is 5.53. The van der Waals surface area contributed by atoms with Crippen molar-refractivity contribution in [3.8, 4) is 17.2 Å². The van der Waals surface area contributed by atoms with E-state index in [4.69, 9.17) is 26.4 Å². The number of methoxy groups -OCH3 is 3. The zero-order chi connectivity index (χ0) is 14.5. The Balaban J connectivity index is 2.21. The average molecular weight is 295 g/mol. The molecule has 0 N–H and O–H groups in total. The normalized spacial score (nSPS) is 14.2. The molecule has 0 bridgehead atoms. The van der Waals surface area contributed by atoms with Gasteiger partial charge in [-0.05, 0) is 30.5 Å². The first-order valence-corrected chi connectivity index (χ1v) is 7.17. The van der Waals surface area contributed by atoms with Crippen LogP contribution in [0, 0.1) is 0 Å². The molecular weight excluding hydrogens is 274 g/mol. The second-order valence-electron chi connectivity index (χ2n) is 4.80. The number of benzene rings is 1. The standard InChI is InChI=1S/C15H21NO3S/c1-17-12-8-11(9-13(18-2)15(12)19-3)10-14(20)16-6-4-5-7-16/h8-9H,4-7,10H2,1-3H3. The van der Waals surface area contributed by atoms with Gasteiger partial charge in [0.05, 0.1) is 26.3 Å². The van der Waals surface area contributed by atoms with Gasteiger partial charge in [0.25, 0.3) is 0 Å². The molecule has 5 heteroatoms. The molecule has 1 aromatic rings. The van der Waals surface area contributed by atoms with Gasteiger partial charge in [0.2, 0.25) is 5.75 Å². The van der Waals surface area contributed by atoms with E-state index in [0.29, 0.717) is 17.2 Å². The topological polar surface area (TPSA) is 30.9 Å². The van der Waals surface area contributed by atoms with E-state index >= 15 is 0 Å². The first-order chi connectivity index (χ1) is 9.69. The van der Waals surface area contributed by atoms with Crippen LogP contribution in [0.2, 0.25) is 0 Å². The van der Waals surface area contributed by atoms with Crippen molar-refractivity contribution in [2.75, 3.05) is 34.4 Å². The van der Waals surface area contributed by atoms with Crippen LogP contribution >= 0.6 is 12.2 Å². The van der Waals surface area contributed by atoms with Gasteiger partial charge in [-0.3, -0.25) is 0 Å². The molecule has 1 aliphatic heterocycles. The van der Waals surface area contributed by atoms with E-state index in [1.807, 2.05) is 12.1 Å². The summed E-state index contributed by atoms with van der Waals surface area (Å²) in [6, 6.07) is 3.92. The molecule has 20 heavy (non-hydrogen) atoms. The molecule has 1 saturated heterocycles. The van der Waals surface area contributed by atoms with Gasteiger partial charge in [-0.25, -0.2) is 0 Å². The summed E-state index contributed by atoms with van der Waals surface area (Å²) in [6.45, 7) is 2.15. The van der Waals surface area contributed by atoms with E-state index in [-0.39, 0.29) is 0 Å². The summed E-state index contributed by atoms with van der Waals surface area (Å²) in [4.78, 5) is 3.26. The highest BCUT2D eigenvalue weighted by molar-refractivity contribution is 7.80. The molecule has 1 aromatic carbocycles. The lowest BCUT2D eigenvalue weighted by Gasteiger charge is -2.19. The molecule has 2 rings (SSSR count). The van der Waals surface area contributed by atoms with Crippen molar-refractivity contribution in [2.45, 2.75) is 19.3 Å². The van der Waals surface area contributed by atoms with E-state index in [2.05, 4.69) is 4.90 Å². The maximum Gasteiger partial charge on any atom is 0.203 e. The minimum atomic E-state index is 0.617. The quantitative estimate of drug-likeness (QED) is 0.780. The molecule has 1 heterocycles. The molecule has 0 aliphatic carbocycles. The number of nitrogens with zero attached hydrogens (tertiary/aromatic N) is 1. The third kappa shape index (κ3) is 3.15. The Labute approximate surface area is 125 Å². The van der Waals surface area contributed by atoms with Crippen LogP contribution in [-0.4, -0.2) is 44.3 Å². The van der Waals surface area contributed by atoms with Gasteiger partial charge in [-0.2, -0.15) is 0 Å². The number of likely N-dealkylation sites (tertiary alicyclic amines) is 1. The molecule has 110 valence electrons. The molecule has 0 aromatic heterocycles. The van der Waals surface area contributed by atoms with E-state index in [1.54, 1.807) is 21.3 Å². The highest BCUT2D eigenvalue weighted by Crippen LogP contribution is 2.38.